The second-order valence-electron chi connectivity index (χ2n) is 15.7. The average Bonchev–Trinajstić information content (AvgIpc) is 3.09. The molecule has 1 unspecified atom stereocenters. The Hall–Kier alpha value is -0.530. The largest absolute Gasteiger partial charge is 0.550 e. The first-order chi connectivity index (χ1) is 15.8. The highest BCUT2D eigenvalue weighted by Crippen LogP contribution is 2.78. The number of aliphatic carboxylic acids is 1. The van der Waals surface area contributed by atoms with Crippen molar-refractivity contribution in [2.45, 2.75) is 132 Å². The normalized spacial score (nSPS) is 52.6. The van der Waals surface area contributed by atoms with Gasteiger partial charge in [-0.15, -0.1) is 0 Å². The third kappa shape index (κ3) is 3.27. The summed E-state index contributed by atoms with van der Waals surface area (Å²) in [4.78, 5) is 11.1. The summed E-state index contributed by atoms with van der Waals surface area (Å²) in [5.41, 5.74) is 2.42. The molecule has 10 atom stereocenters. The van der Waals surface area contributed by atoms with Gasteiger partial charge in [0.2, 0.25) is 0 Å². The van der Waals surface area contributed by atoms with Crippen molar-refractivity contribution in [2.75, 3.05) is 0 Å². The SMILES string of the molecule is CC(CCC(=O)[O-])[C@H]1CC[C@]2(C)[C@H]3CC[C@@H]4[C@@]5(C)CCCC(C)(C)[C@@H]5CC[C@@]4(C)[C@]3(C)CC[C@@H]12. The molecule has 194 valence electrons. The van der Waals surface area contributed by atoms with Gasteiger partial charge >= 0.3 is 0 Å². The lowest BCUT2D eigenvalue weighted by Gasteiger charge is -2.73. The molecule has 5 rings (SSSR count). The summed E-state index contributed by atoms with van der Waals surface area (Å²) in [7, 11) is 0. The highest BCUT2D eigenvalue weighted by Gasteiger charge is 2.70. The van der Waals surface area contributed by atoms with Crippen molar-refractivity contribution in [3.8, 4) is 0 Å². The van der Waals surface area contributed by atoms with E-state index >= 15 is 0 Å². The van der Waals surface area contributed by atoms with E-state index in [9.17, 15) is 9.90 Å². The van der Waals surface area contributed by atoms with E-state index in [1.165, 1.54) is 70.6 Å². The predicted octanol–water partition coefficient (Wildman–Crippen LogP) is 7.64. The third-order valence-electron chi connectivity index (χ3n) is 14.3. The summed E-state index contributed by atoms with van der Waals surface area (Å²) in [6.45, 7) is 18.4. The van der Waals surface area contributed by atoms with Gasteiger partial charge in [0, 0.05) is 5.97 Å². The Bertz CT molecular complexity index is 816. The minimum atomic E-state index is -0.870. The molecule has 5 aliphatic rings. The molecular formula is C32H53O2-. The van der Waals surface area contributed by atoms with E-state index in [2.05, 4.69) is 48.5 Å². The van der Waals surface area contributed by atoms with Crippen LogP contribution >= 0.6 is 0 Å². The molecule has 5 fully saturated rings. The Morgan fingerprint density at radius 2 is 1.38 bits per heavy atom. The van der Waals surface area contributed by atoms with Gasteiger partial charge in [0.25, 0.3) is 0 Å². The minimum Gasteiger partial charge on any atom is -0.550 e. The zero-order valence-corrected chi connectivity index (χ0v) is 23.5. The standard InChI is InChI=1S/C32H54O2/c1-21(9-12-27(33)34)22-13-18-29(4)23(22)14-19-31(6)25(29)10-11-26-30(5)17-8-16-28(2,3)24(30)15-20-32(26,31)7/h21-26H,8-20H2,1-7H3,(H,33,34)/p-1/t21?,22-,23+,24+,25-,26-,29+,30+,31-,32-/m1/s1. The lowest BCUT2D eigenvalue weighted by atomic mass is 9.32. The van der Waals surface area contributed by atoms with Crippen molar-refractivity contribution >= 4 is 5.97 Å². The van der Waals surface area contributed by atoms with Crippen LogP contribution in [0, 0.1) is 62.6 Å². The van der Waals surface area contributed by atoms with Gasteiger partial charge in [0.05, 0.1) is 0 Å². The summed E-state index contributed by atoms with van der Waals surface area (Å²) >= 11 is 0. The summed E-state index contributed by atoms with van der Waals surface area (Å²) in [6.07, 6.45) is 16.6. The molecule has 0 amide bonds. The number of hydrogen-bond acceptors (Lipinski definition) is 2. The number of rotatable bonds is 4. The second kappa shape index (κ2) is 7.98. The summed E-state index contributed by atoms with van der Waals surface area (Å²) in [5, 5.41) is 11.1. The molecule has 2 nitrogen and oxygen atoms in total. The van der Waals surface area contributed by atoms with Crippen molar-refractivity contribution in [3.63, 3.8) is 0 Å². The van der Waals surface area contributed by atoms with E-state index in [-0.39, 0.29) is 6.42 Å². The second-order valence-corrected chi connectivity index (χ2v) is 15.7. The van der Waals surface area contributed by atoms with Crippen LogP contribution in [0.15, 0.2) is 0 Å². The van der Waals surface area contributed by atoms with E-state index in [1.54, 1.807) is 0 Å². The van der Waals surface area contributed by atoms with Crippen molar-refractivity contribution in [1.82, 2.24) is 0 Å². The smallest absolute Gasteiger partial charge is 0.0414 e. The Morgan fingerprint density at radius 3 is 2.03 bits per heavy atom. The van der Waals surface area contributed by atoms with Crippen LogP contribution in [0.25, 0.3) is 0 Å². The van der Waals surface area contributed by atoms with Crippen LogP contribution < -0.4 is 5.11 Å². The highest BCUT2D eigenvalue weighted by molar-refractivity contribution is 5.64. The van der Waals surface area contributed by atoms with E-state index in [0.717, 1.165) is 30.1 Å². The quantitative estimate of drug-likeness (QED) is 0.424. The molecule has 0 aromatic rings. The van der Waals surface area contributed by atoms with Crippen LogP contribution in [-0.2, 0) is 4.79 Å². The molecule has 0 spiro atoms. The first-order valence-electron chi connectivity index (χ1n) is 15.0. The van der Waals surface area contributed by atoms with Gasteiger partial charge < -0.3 is 9.90 Å². The highest BCUT2D eigenvalue weighted by atomic mass is 16.4. The van der Waals surface area contributed by atoms with E-state index in [4.69, 9.17) is 0 Å². The van der Waals surface area contributed by atoms with Crippen LogP contribution in [0.1, 0.15) is 132 Å². The molecule has 0 heterocycles. The van der Waals surface area contributed by atoms with Crippen LogP contribution in [0.4, 0.5) is 0 Å². The molecule has 0 bridgehead atoms. The van der Waals surface area contributed by atoms with E-state index in [1.807, 2.05) is 0 Å². The van der Waals surface area contributed by atoms with Crippen molar-refractivity contribution in [1.29, 1.82) is 0 Å². The first-order valence-corrected chi connectivity index (χ1v) is 15.0. The molecule has 0 aromatic heterocycles. The van der Waals surface area contributed by atoms with Gasteiger partial charge in [0.15, 0.2) is 0 Å². The number of carboxylic acid groups (broad SMARTS) is 1. The van der Waals surface area contributed by atoms with Gasteiger partial charge in [-0.2, -0.15) is 0 Å². The monoisotopic (exact) mass is 469 g/mol. The molecule has 0 N–H and O–H groups in total. The zero-order valence-electron chi connectivity index (χ0n) is 23.5. The van der Waals surface area contributed by atoms with Gasteiger partial charge in [-0.3, -0.25) is 0 Å². The van der Waals surface area contributed by atoms with Crippen molar-refractivity contribution in [3.05, 3.63) is 0 Å². The summed E-state index contributed by atoms with van der Waals surface area (Å²) < 4.78 is 0. The average molecular weight is 470 g/mol. The molecule has 0 saturated heterocycles. The topological polar surface area (TPSA) is 40.1 Å². The molecule has 0 radical (unpaired) electrons. The van der Waals surface area contributed by atoms with Crippen LogP contribution in [0.5, 0.6) is 0 Å². The number of carbonyl (C=O) groups excluding carboxylic acids is 1. The fraction of sp³-hybridized carbons (Fsp3) is 0.969. The number of carboxylic acids is 1. The van der Waals surface area contributed by atoms with Crippen molar-refractivity contribution < 1.29 is 9.90 Å². The molecular weight excluding hydrogens is 416 g/mol. The molecule has 2 heteroatoms. The van der Waals surface area contributed by atoms with Crippen LogP contribution in [-0.4, -0.2) is 5.97 Å². The summed E-state index contributed by atoms with van der Waals surface area (Å²) in [5.74, 6) is 3.79. The lowest BCUT2D eigenvalue weighted by molar-refractivity contribution is -0.306. The van der Waals surface area contributed by atoms with E-state index in [0.29, 0.717) is 38.9 Å². The maximum atomic E-state index is 11.1. The van der Waals surface area contributed by atoms with Gasteiger partial charge in [-0.1, -0.05) is 54.9 Å². The fourth-order valence-corrected chi connectivity index (χ4v) is 12.6. The molecule has 34 heavy (non-hydrogen) atoms. The Labute approximate surface area is 210 Å². The maximum absolute atomic E-state index is 11.1. The first kappa shape index (κ1) is 25.1. The Balaban J connectivity index is 1.43. The van der Waals surface area contributed by atoms with E-state index < -0.39 is 5.97 Å². The van der Waals surface area contributed by atoms with Crippen LogP contribution in [0.2, 0.25) is 0 Å². The zero-order chi connectivity index (χ0) is 24.7. The van der Waals surface area contributed by atoms with Crippen molar-refractivity contribution in [2.24, 2.45) is 62.6 Å². The molecule has 5 aliphatic carbocycles. The van der Waals surface area contributed by atoms with Gasteiger partial charge in [-0.25, -0.2) is 0 Å². The third-order valence-corrected chi connectivity index (χ3v) is 14.3. The Kier molecular flexibility index (Phi) is 5.90. The summed E-state index contributed by atoms with van der Waals surface area (Å²) in [6, 6.07) is 0. The maximum Gasteiger partial charge on any atom is 0.0414 e. The number of carbonyl (C=O) groups is 1. The van der Waals surface area contributed by atoms with Crippen LogP contribution in [0.3, 0.4) is 0 Å². The lowest BCUT2D eigenvalue weighted by Crippen LogP contribution is -2.65. The molecule has 0 aromatic carbocycles. The molecule has 0 aliphatic heterocycles. The Morgan fingerprint density at radius 1 is 0.765 bits per heavy atom. The number of fused-ring (bicyclic) bond motifs is 7. The molecule has 5 saturated carbocycles. The van der Waals surface area contributed by atoms with Gasteiger partial charge in [-0.05, 0) is 140 Å². The van der Waals surface area contributed by atoms with Gasteiger partial charge in [0.1, 0.15) is 0 Å². The minimum absolute atomic E-state index is 0.234. The fourth-order valence-electron chi connectivity index (χ4n) is 12.6. The number of hydrogen-bond donors (Lipinski definition) is 0. The predicted molar refractivity (Wildman–Crippen MR) is 138 cm³/mol.